The van der Waals surface area contributed by atoms with Crippen molar-refractivity contribution >= 4 is 13.7 Å². The van der Waals surface area contributed by atoms with E-state index in [2.05, 4.69) is 9.84 Å². The lowest BCUT2D eigenvalue weighted by Crippen LogP contribution is -2.28. The minimum atomic E-state index is -4.30. The molecule has 0 aromatic carbocycles. The number of hydrogen-bond donors (Lipinski definition) is 2. The summed E-state index contributed by atoms with van der Waals surface area (Å²) >= 11 is 0. The molecule has 0 saturated heterocycles. The average Bonchev–Trinajstić information content (AvgIpc) is 2.39. The largest absolute Gasteiger partial charge is 0.756 e. The predicted molar refractivity (Wildman–Crippen MR) is 82.1 cm³/mol. The fraction of sp³-hybridized carbons (Fsp3) is 0.929. The second-order valence-corrected chi connectivity index (χ2v) is 7.25. The third kappa shape index (κ3) is 11.2. The molecular formula is C14H29NO6P-. The third-order valence-corrected chi connectivity index (χ3v) is 4.07. The van der Waals surface area contributed by atoms with Crippen molar-refractivity contribution < 1.29 is 28.4 Å². The van der Waals surface area contributed by atoms with E-state index in [0.717, 1.165) is 12.8 Å². The molecule has 0 saturated carbocycles. The molecule has 0 aliphatic rings. The predicted octanol–water partition coefficient (Wildman–Crippen LogP) is 1.45. The number of phosphoric ester groups is 1. The van der Waals surface area contributed by atoms with Gasteiger partial charge in [-0.15, -0.1) is 0 Å². The summed E-state index contributed by atoms with van der Waals surface area (Å²) in [5.74, 6) is -0.287. The summed E-state index contributed by atoms with van der Waals surface area (Å²) < 4.78 is 20.9. The second kappa shape index (κ2) is 11.1. The molecule has 7 nitrogen and oxygen atoms in total. The van der Waals surface area contributed by atoms with Crippen LogP contribution in [0.1, 0.15) is 47.0 Å². The van der Waals surface area contributed by atoms with E-state index < -0.39 is 13.9 Å². The quantitative estimate of drug-likeness (QED) is 0.412. The van der Waals surface area contributed by atoms with Crippen LogP contribution in [0.2, 0.25) is 0 Å². The minimum Gasteiger partial charge on any atom is -0.756 e. The monoisotopic (exact) mass is 338 g/mol. The molecule has 0 bridgehead atoms. The van der Waals surface area contributed by atoms with Crippen LogP contribution in [-0.4, -0.2) is 36.9 Å². The molecular weight excluding hydrogens is 309 g/mol. The highest BCUT2D eigenvalue weighted by atomic mass is 31.2. The Balaban J connectivity index is 3.89. The zero-order chi connectivity index (χ0) is 17.2. The van der Waals surface area contributed by atoms with Crippen LogP contribution >= 0.6 is 7.82 Å². The number of carbonyl (C=O) groups excluding carboxylic acids is 1. The van der Waals surface area contributed by atoms with E-state index in [0.29, 0.717) is 13.0 Å². The maximum Gasteiger partial charge on any atom is 0.268 e. The molecule has 0 aliphatic heterocycles. The molecule has 2 atom stereocenters. The molecule has 1 amide bonds. The van der Waals surface area contributed by atoms with Crippen molar-refractivity contribution in [3.8, 4) is 0 Å². The SMILES string of the molecule is CC(C)OP(=O)([O-])OCC(CO)CCCCNC(=O)C(C)C. The highest BCUT2D eigenvalue weighted by Crippen LogP contribution is 2.40. The van der Waals surface area contributed by atoms with E-state index in [1.807, 2.05) is 13.8 Å². The van der Waals surface area contributed by atoms with Crippen molar-refractivity contribution in [2.45, 2.75) is 53.1 Å². The van der Waals surface area contributed by atoms with Gasteiger partial charge in [-0.1, -0.05) is 20.3 Å². The average molecular weight is 338 g/mol. The Bertz CT molecular complexity index is 361. The zero-order valence-electron chi connectivity index (χ0n) is 13.9. The van der Waals surface area contributed by atoms with E-state index in [1.54, 1.807) is 13.8 Å². The summed E-state index contributed by atoms with van der Waals surface area (Å²) in [5.41, 5.74) is 0. The molecule has 0 spiro atoms. The van der Waals surface area contributed by atoms with Crippen molar-refractivity contribution in [3.63, 3.8) is 0 Å². The van der Waals surface area contributed by atoms with Crippen LogP contribution in [0.15, 0.2) is 0 Å². The van der Waals surface area contributed by atoms with Crippen molar-refractivity contribution in [2.75, 3.05) is 19.8 Å². The normalized spacial score (nSPS) is 15.8. The standard InChI is InChI=1S/C14H30NO6P/c1-11(2)14(17)15-8-6-5-7-13(9-16)10-20-22(18,19)21-12(3)4/h11-13,16H,5-10H2,1-4H3,(H,15,17)(H,18,19)/p-1. The number of carbonyl (C=O) groups is 1. The molecule has 0 rings (SSSR count). The van der Waals surface area contributed by atoms with E-state index >= 15 is 0 Å². The first-order valence-electron chi connectivity index (χ1n) is 7.70. The molecule has 132 valence electrons. The number of aliphatic hydroxyl groups excluding tert-OH is 1. The van der Waals surface area contributed by atoms with Crippen LogP contribution in [0.5, 0.6) is 0 Å². The smallest absolute Gasteiger partial charge is 0.268 e. The number of rotatable bonds is 12. The van der Waals surface area contributed by atoms with Crippen LogP contribution in [0.4, 0.5) is 0 Å². The Morgan fingerprint density at radius 1 is 1.27 bits per heavy atom. The second-order valence-electron chi connectivity index (χ2n) is 5.89. The molecule has 0 fully saturated rings. The molecule has 8 heteroatoms. The lowest BCUT2D eigenvalue weighted by molar-refractivity contribution is -0.229. The number of amides is 1. The van der Waals surface area contributed by atoms with E-state index in [9.17, 15) is 19.4 Å². The Labute approximate surface area is 133 Å². The Morgan fingerprint density at radius 2 is 1.91 bits per heavy atom. The van der Waals surface area contributed by atoms with Gasteiger partial charge in [0.15, 0.2) is 0 Å². The van der Waals surface area contributed by atoms with Crippen molar-refractivity contribution in [1.82, 2.24) is 5.32 Å². The Morgan fingerprint density at radius 3 is 2.41 bits per heavy atom. The van der Waals surface area contributed by atoms with Crippen LogP contribution in [0.3, 0.4) is 0 Å². The molecule has 0 heterocycles. The molecule has 0 aromatic rings. The van der Waals surface area contributed by atoms with Gasteiger partial charge in [-0.3, -0.25) is 9.36 Å². The lowest BCUT2D eigenvalue weighted by Gasteiger charge is -2.26. The fourth-order valence-electron chi connectivity index (χ4n) is 1.69. The molecule has 0 radical (unpaired) electrons. The summed E-state index contributed by atoms with van der Waals surface area (Å²) in [7, 11) is -4.30. The Hall–Kier alpha value is -0.460. The summed E-state index contributed by atoms with van der Waals surface area (Å²) in [5, 5.41) is 12.0. The number of phosphoric acid groups is 1. The van der Waals surface area contributed by atoms with Gasteiger partial charge in [-0.25, -0.2) is 0 Å². The summed E-state index contributed by atoms with van der Waals surface area (Å²) in [4.78, 5) is 22.8. The van der Waals surface area contributed by atoms with Gasteiger partial charge in [0.1, 0.15) is 0 Å². The van der Waals surface area contributed by atoms with Gasteiger partial charge in [0.25, 0.3) is 7.82 Å². The fourth-order valence-corrected chi connectivity index (χ4v) is 2.66. The molecule has 22 heavy (non-hydrogen) atoms. The van der Waals surface area contributed by atoms with Crippen LogP contribution in [0, 0.1) is 11.8 Å². The van der Waals surface area contributed by atoms with Gasteiger partial charge in [-0.2, -0.15) is 0 Å². The van der Waals surface area contributed by atoms with Crippen LogP contribution in [-0.2, 0) is 18.4 Å². The maximum absolute atomic E-state index is 11.4. The van der Waals surface area contributed by atoms with Gasteiger partial charge in [-0.05, 0) is 26.7 Å². The zero-order valence-corrected chi connectivity index (χ0v) is 14.8. The van der Waals surface area contributed by atoms with Crippen molar-refractivity contribution in [3.05, 3.63) is 0 Å². The van der Waals surface area contributed by atoms with Gasteiger partial charge in [0.2, 0.25) is 5.91 Å². The number of hydrogen-bond acceptors (Lipinski definition) is 6. The van der Waals surface area contributed by atoms with Gasteiger partial charge < -0.3 is 24.4 Å². The summed E-state index contributed by atoms with van der Waals surface area (Å²) in [6.07, 6.45) is 1.68. The van der Waals surface area contributed by atoms with Crippen LogP contribution in [0.25, 0.3) is 0 Å². The number of unbranched alkanes of at least 4 members (excludes halogenated alkanes) is 1. The summed E-state index contributed by atoms with van der Waals surface area (Å²) in [6, 6.07) is 0. The van der Waals surface area contributed by atoms with Gasteiger partial charge in [0, 0.05) is 25.0 Å². The van der Waals surface area contributed by atoms with E-state index in [4.69, 9.17) is 4.52 Å². The molecule has 0 aromatic heterocycles. The third-order valence-electron chi connectivity index (χ3n) is 2.93. The first-order chi connectivity index (χ1) is 10.2. The van der Waals surface area contributed by atoms with Gasteiger partial charge >= 0.3 is 0 Å². The van der Waals surface area contributed by atoms with E-state index in [1.165, 1.54) is 0 Å². The van der Waals surface area contributed by atoms with Crippen molar-refractivity contribution in [1.29, 1.82) is 0 Å². The Kier molecular flexibility index (Phi) is 10.9. The highest BCUT2D eigenvalue weighted by molar-refractivity contribution is 7.45. The first-order valence-corrected chi connectivity index (χ1v) is 9.16. The van der Waals surface area contributed by atoms with Crippen molar-refractivity contribution in [2.24, 2.45) is 11.8 Å². The molecule has 0 aliphatic carbocycles. The molecule has 2 N–H and O–H groups in total. The number of aliphatic hydroxyl groups is 1. The van der Waals surface area contributed by atoms with Gasteiger partial charge in [0.05, 0.1) is 12.7 Å². The summed E-state index contributed by atoms with van der Waals surface area (Å²) in [6.45, 7) is 7.19. The minimum absolute atomic E-state index is 0.0140. The maximum atomic E-state index is 11.4. The topological polar surface area (TPSA) is 108 Å². The number of nitrogens with one attached hydrogen (secondary N) is 1. The molecule has 2 unspecified atom stereocenters. The lowest BCUT2D eigenvalue weighted by atomic mass is 10.0. The van der Waals surface area contributed by atoms with E-state index in [-0.39, 0.29) is 31.0 Å². The van der Waals surface area contributed by atoms with Crippen LogP contribution < -0.4 is 10.2 Å². The first kappa shape index (κ1) is 21.5. The highest BCUT2D eigenvalue weighted by Gasteiger charge is 2.16.